The summed E-state index contributed by atoms with van der Waals surface area (Å²) in [4.78, 5) is 0. The Morgan fingerprint density at radius 1 is 0.714 bits per heavy atom. The van der Waals surface area contributed by atoms with Crippen molar-refractivity contribution in [3.63, 3.8) is 0 Å². The minimum absolute atomic E-state index is 1.04. The van der Waals surface area contributed by atoms with Crippen LogP contribution in [0.15, 0.2) is 66.7 Å². The van der Waals surface area contributed by atoms with Crippen LogP contribution in [0.3, 0.4) is 0 Å². The van der Waals surface area contributed by atoms with Crippen LogP contribution in [0.25, 0.3) is 0 Å². The van der Waals surface area contributed by atoms with E-state index in [9.17, 15) is 0 Å². The maximum Gasteiger partial charge on any atom is -0.0307 e. The smallest absolute Gasteiger partial charge is 0.0307 e. The number of hydrogen-bond donors (Lipinski definition) is 0. The van der Waals surface area contributed by atoms with E-state index in [1.54, 1.807) is 0 Å². The average molecular weight is 282 g/mol. The van der Waals surface area contributed by atoms with Gasteiger partial charge in [0.25, 0.3) is 0 Å². The molecule has 0 aromatic heterocycles. The summed E-state index contributed by atoms with van der Waals surface area (Å²) in [6.07, 6.45) is 8.58. The summed E-state index contributed by atoms with van der Waals surface area (Å²) in [6.45, 7) is 4.52. The van der Waals surface area contributed by atoms with Gasteiger partial charge in [-0.15, -0.1) is 0 Å². The molecular weight excluding hydrogens is 252 g/mol. The van der Waals surface area contributed by atoms with E-state index in [1.807, 2.05) is 42.5 Å². The first-order valence-corrected chi connectivity index (χ1v) is 8.37. The fourth-order valence-electron chi connectivity index (χ4n) is 2.41. The summed E-state index contributed by atoms with van der Waals surface area (Å²) >= 11 is 0. The van der Waals surface area contributed by atoms with Crippen LogP contribution in [0.1, 0.15) is 51.5 Å². The molecule has 0 nitrogen and oxygen atoms in total. The van der Waals surface area contributed by atoms with Gasteiger partial charge in [0, 0.05) is 0 Å². The third-order valence-corrected chi connectivity index (χ3v) is 3.81. The van der Waals surface area contributed by atoms with Crippen LogP contribution in [0.2, 0.25) is 0 Å². The molecule has 21 heavy (non-hydrogen) atoms. The van der Waals surface area contributed by atoms with E-state index in [4.69, 9.17) is 0 Å². The lowest BCUT2D eigenvalue weighted by Crippen LogP contribution is -1.99. The zero-order chi connectivity index (χ0) is 15.2. The van der Waals surface area contributed by atoms with Crippen LogP contribution >= 0.6 is 0 Å². The first-order chi connectivity index (χ1) is 10.3. The summed E-state index contributed by atoms with van der Waals surface area (Å²) < 4.78 is 0. The molecule has 0 heterocycles. The van der Waals surface area contributed by atoms with Crippen LogP contribution in [-0.4, -0.2) is 0 Å². The van der Waals surface area contributed by atoms with Crippen LogP contribution in [0.5, 0.6) is 0 Å². The third-order valence-electron chi connectivity index (χ3n) is 3.81. The largest absolute Gasteiger partial charge is 0.0625 e. The number of benzene rings is 2. The molecule has 0 bridgehead atoms. The molecule has 3 rings (SSSR count). The van der Waals surface area contributed by atoms with E-state index in [2.05, 4.69) is 38.1 Å². The molecule has 114 valence electrons. The average Bonchev–Trinajstić information content (AvgIpc) is 2.59. The van der Waals surface area contributed by atoms with Gasteiger partial charge >= 0.3 is 0 Å². The number of hydrogen-bond acceptors (Lipinski definition) is 0. The van der Waals surface area contributed by atoms with Crippen molar-refractivity contribution in [1.82, 2.24) is 0 Å². The Hall–Kier alpha value is -1.56. The minimum Gasteiger partial charge on any atom is -0.0625 e. The zero-order valence-electron chi connectivity index (χ0n) is 13.7. The predicted molar refractivity (Wildman–Crippen MR) is 94.5 cm³/mol. The summed E-state index contributed by atoms with van der Waals surface area (Å²) in [7, 11) is 0. The minimum atomic E-state index is 1.04. The topological polar surface area (TPSA) is 0 Å². The normalized spacial score (nSPS) is 14.2. The molecule has 1 aliphatic carbocycles. The lowest BCUT2D eigenvalue weighted by Gasteiger charge is -2.15. The van der Waals surface area contributed by atoms with Crippen molar-refractivity contribution in [1.29, 1.82) is 0 Å². The second kappa shape index (κ2) is 12.2. The van der Waals surface area contributed by atoms with Gasteiger partial charge in [0.05, 0.1) is 0 Å². The molecule has 1 aliphatic rings. The Kier molecular flexibility index (Phi) is 10.2. The van der Waals surface area contributed by atoms with Gasteiger partial charge < -0.3 is 0 Å². The van der Waals surface area contributed by atoms with E-state index < -0.39 is 0 Å². The van der Waals surface area contributed by atoms with Crippen molar-refractivity contribution in [3.05, 3.63) is 72.3 Å². The molecule has 2 aromatic carbocycles. The predicted octanol–water partition coefficient (Wildman–Crippen LogP) is 6.52. The van der Waals surface area contributed by atoms with E-state index >= 15 is 0 Å². The Balaban J connectivity index is 0.000000159. The summed E-state index contributed by atoms with van der Waals surface area (Å²) in [5.74, 6) is 1.04. The number of rotatable bonds is 1. The Morgan fingerprint density at radius 2 is 1.14 bits per heavy atom. The van der Waals surface area contributed by atoms with E-state index in [0.717, 1.165) is 12.3 Å². The van der Waals surface area contributed by atoms with Crippen molar-refractivity contribution in [2.45, 2.75) is 52.4 Å². The van der Waals surface area contributed by atoms with E-state index in [0.29, 0.717) is 0 Å². The number of aryl methyl sites for hydroxylation is 1. The van der Waals surface area contributed by atoms with E-state index in [1.165, 1.54) is 37.7 Å². The van der Waals surface area contributed by atoms with Gasteiger partial charge in [-0.05, 0) is 17.9 Å². The highest BCUT2D eigenvalue weighted by molar-refractivity contribution is 5.13. The summed E-state index contributed by atoms with van der Waals surface area (Å²) in [5, 5.41) is 0. The SMILES string of the molecule is CC1CCCCC1.CCc1ccccc1.c1ccccc1. The molecule has 2 aromatic rings. The van der Waals surface area contributed by atoms with Crippen molar-refractivity contribution < 1.29 is 0 Å². The molecular formula is C21H30. The van der Waals surface area contributed by atoms with Gasteiger partial charge in [-0.3, -0.25) is 0 Å². The third kappa shape index (κ3) is 9.90. The standard InChI is InChI=1S/C8H10.C7H14.C6H6/c1-2-8-6-4-3-5-7-8;1-7-5-3-2-4-6-7;1-2-4-6-5-3-1/h3-7H,2H2,1H3;7H,2-6H2,1H3;1-6H. The molecule has 0 atom stereocenters. The highest BCUT2D eigenvalue weighted by Crippen LogP contribution is 2.22. The Bertz CT molecular complexity index is 386. The first-order valence-electron chi connectivity index (χ1n) is 8.37. The summed E-state index contributed by atoms with van der Waals surface area (Å²) in [6, 6.07) is 22.5. The first kappa shape index (κ1) is 17.5. The highest BCUT2D eigenvalue weighted by Gasteiger charge is 2.05. The van der Waals surface area contributed by atoms with Gasteiger partial charge in [-0.2, -0.15) is 0 Å². The molecule has 0 aliphatic heterocycles. The molecule has 0 N–H and O–H groups in total. The molecule has 0 unspecified atom stereocenters. The molecule has 0 saturated heterocycles. The molecule has 1 saturated carbocycles. The van der Waals surface area contributed by atoms with Gasteiger partial charge in [0.15, 0.2) is 0 Å². The van der Waals surface area contributed by atoms with Gasteiger partial charge in [-0.25, -0.2) is 0 Å². The van der Waals surface area contributed by atoms with Crippen molar-refractivity contribution >= 4 is 0 Å². The van der Waals surface area contributed by atoms with Crippen LogP contribution in [-0.2, 0) is 6.42 Å². The summed E-state index contributed by atoms with van der Waals surface area (Å²) in [5.41, 5.74) is 1.41. The van der Waals surface area contributed by atoms with Crippen LogP contribution in [0.4, 0.5) is 0 Å². The molecule has 0 amide bonds. The maximum atomic E-state index is 2.36. The van der Waals surface area contributed by atoms with Crippen LogP contribution in [0, 0.1) is 5.92 Å². The fourth-order valence-corrected chi connectivity index (χ4v) is 2.41. The molecule has 1 fully saturated rings. The molecule has 0 heteroatoms. The fraction of sp³-hybridized carbons (Fsp3) is 0.429. The second-order valence-corrected chi connectivity index (χ2v) is 5.74. The maximum absolute atomic E-state index is 2.36. The van der Waals surface area contributed by atoms with Crippen LogP contribution < -0.4 is 0 Å². The lowest BCUT2D eigenvalue weighted by molar-refractivity contribution is 0.385. The van der Waals surface area contributed by atoms with Gasteiger partial charge in [-0.1, -0.05) is 113 Å². The van der Waals surface area contributed by atoms with Gasteiger partial charge in [0.2, 0.25) is 0 Å². The second-order valence-electron chi connectivity index (χ2n) is 5.74. The monoisotopic (exact) mass is 282 g/mol. The molecule has 0 spiro atoms. The van der Waals surface area contributed by atoms with Gasteiger partial charge in [0.1, 0.15) is 0 Å². The Labute approximate surface area is 131 Å². The lowest BCUT2D eigenvalue weighted by atomic mass is 9.91. The molecule has 0 radical (unpaired) electrons. The zero-order valence-corrected chi connectivity index (χ0v) is 13.7. The Morgan fingerprint density at radius 3 is 1.43 bits per heavy atom. The van der Waals surface area contributed by atoms with Crippen molar-refractivity contribution in [3.8, 4) is 0 Å². The van der Waals surface area contributed by atoms with Crippen molar-refractivity contribution in [2.75, 3.05) is 0 Å². The highest BCUT2D eigenvalue weighted by atomic mass is 14.1. The van der Waals surface area contributed by atoms with E-state index in [-0.39, 0.29) is 0 Å². The van der Waals surface area contributed by atoms with Crippen molar-refractivity contribution in [2.24, 2.45) is 5.92 Å². The quantitative estimate of drug-likeness (QED) is 0.558.